The summed E-state index contributed by atoms with van der Waals surface area (Å²) in [5.74, 6) is -0.713. The molecule has 1 aromatic heterocycles. The highest BCUT2D eigenvalue weighted by atomic mass is 32.2. The summed E-state index contributed by atoms with van der Waals surface area (Å²) < 4.78 is 53.9. The van der Waals surface area contributed by atoms with Crippen LogP contribution in [0, 0.1) is 25.5 Å². The molecule has 4 rings (SSSR count). The standard InChI is InChI=1S/C22H23F2N5O2S/c1-15-3-5-19(6-4-15)26-22-25-16(2)11-21(27-22)28-7-9-29(10-8-28)32(30,31)20-13-17(23)12-18(24)14-20/h3-6,11-14H,7-10H2,1-2H3,(H,25,26,27). The Kier molecular flexibility index (Phi) is 6.07. The highest BCUT2D eigenvalue weighted by Crippen LogP contribution is 2.23. The van der Waals surface area contributed by atoms with Gasteiger partial charge in [0, 0.05) is 49.7 Å². The molecule has 1 saturated heterocycles. The average molecular weight is 460 g/mol. The van der Waals surface area contributed by atoms with E-state index in [0.29, 0.717) is 30.9 Å². The molecule has 2 heterocycles. The zero-order valence-corrected chi connectivity index (χ0v) is 18.5. The van der Waals surface area contributed by atoms with Gasteiger partial charge in [0.2, 0.25) is 16.0 Å². The lowest BCUT2D eigenvalue weighted by Gasteiger charge is -2.34. The first-order valence-electron chi connectivity index (χ1n) is 10.1. The molecule has 10 heteroatoms. The Hall–Kier alpha value is -3.11. The van der Waals surface area contributed by atoms with Crippen LogP contribution in [0.2, 0.25) is 0 Å². The molecule has 0 saturated carbocycles. The number of halogens is 2. The van der Waals surface area contributed by atoms with Crippen molar-refractivity contribution in [2.24, 2.45) is 0 Å². The second-order valence-electron chi connectivity index (χ2n) is 7.68. The van der Waals surface area contributed by atoms with Crippen LogP contribution in [0.25, 0.3) is 0 Å². The van der Waals surface area contributed by atoms with E-state index in [2.05, 4.69) is 15.3 Å². The van der Waals surface area contributed by atoms with Crippen molar-refractivity contribution in [2.45, 2.75) is 18.7 Å². The summed E-state index contributed by atoms with van der Waals surface area (Å²) in [7, 11) is -3.99. The molecule has 0 atom stereocenters. The van der Waals surface area contributed by atoms with Crippen molar-refractivity contribution >= 4 is 27.5 Å². The molecule has 0 spiro atoms. The summed E-state index contributed by atoms with van der Waals surface area (Å²) in [4.78, 5) is 10.6. The fourth-order valence-corrected chi connectivity index (χ4v) is 4.99. The number of rotatable bonds is 5. The SMILES string of the molecule is Cc1ccc(Nc2nc(C)cc(N3CCN(S(=O)(=O)c4cc(F)cc(F)c4)CC3)n2)cc1. The van der Waals surface area contributed by atoms with E-state index in [-0.39, 0.29) is 18.0 Å². The zero-order valence-electron chi connectivity index (χ0n) is 17.7. The van der Waals surface area contributed by atoms with E-state index in [1.165, 1.54) is 4.31 Å². The van der Waals surface area contributed by atoms with Gasteiger partial charge in [0.15, 0.2) is 0 Å². The number of anilines is 3. The Labute approximate surface area is 185 Å². The average Bonchev–Trinajstić information content (AvgIpc) is 2.74. The lowest BCUT2D eigenvalue weighted by molar-refractivity contribution is 0.383. The third-order valence-electron chi connectivity index (χ3n) is 5.18. The summed E-state index contributed by atoms with van der Waals surface area (Å²) in [6, 6.07) is 12.0. The number of hydrogen-bond acceptors (Lipinski definition) is 6. The van der Waals surface area contributed by atoms with E-state index >= 15 is 0 Å². The van der Waals surface area contributed by atoms with Crippen LogP contribution in [-0.2, 0) is 10.0 Å². The van der Waals surface area contributed by atoms with Crippen LogP contribution in [0.5, 0.6) is 0 Å². The van der Waals surface area contributed by atoms with E-state index in [0.717, 1.165) is 29.1 Å². The normalized spacial score (nSPS) is 15.1. The lowest BCUT2D eigenvalue weighted by atomic mass is 10.2. The van der Waals surface area contributed by atoms with Crippen molar-refractivity contribution in [3.63, 3.8) is 0 Å². The Morgan fingerprint density at radius 1 is 0.875 bits per heavy atom. The largest absolute Gasteiger partial charge is 0.354 e. The predicted molar refractivity (Wildman–Crippen MR) is 119 cm³/mol. The van der Waals surface area contributed by atoms with Crippen molar-refractivity contribution in [3.8, 4) is 0 Å². The van der Waals surface area contributed by atoms with Gasteiger partial charge in [0.1, 0.15) is 17.5 Å². The molecule has 2 aromatic carbocycles. The molecular formula is C22H23F2N5O2S. The van der Waals surface area contributed by atoms with E-state index < -0.39 is 21.7 Å². The van der Waals surface area contributed by atoms with Gasteiger partial charge in [-0.15, -0.1) is 0 Å². The van der Waals surface area contributed by atoms with E-state index in [1.807, 2.05) is 49.1 Å². The van der Waals surface area contributed by atoms with E-state index in [9.17, 15) is 17.2 Å². The van der Waals surface area contributed by atoms with Gasteiger partial charge < -0.3 is 10.2 Å². The first-order valence-corrected chi connectivity index (χ1v) is 11.6. The number of aromatic nitrogens is 2. The summed E-state index contributed by atoms with van der Waals surface area (Å²) in [5.41, 5.74) is 2.79. The van der Waals surface area contributed by atoms with Crippen LogP contribution in [0.15, 0.2) is 53.4 Å². The number of benzene rings is 2. The molecule has 0 radical (unpaired) electrons. The molecule has 1 aliphatic rings. The van der Waals surface area contributed by atoms with Crippen molar-refractivity contribution in [3.05, 3.63) is 71.4 Å². The maximum Gasteiger partial charge on any atom is 0.243 e. The van der Waals surface area contributed by atoms with E-state index in [4.69, 9.17) is 0 Å². The van der Waals surface area contributed by atoms with Gasteiger partial charge in [-0.3, -0.25) is 0 Å². The highest BCUT2D eigenvalue weighted by Gasteiger charge is 2.30. The molecule has 168 valence electrons. The monoisotopic (exact) mass is 459 g/mol. The van der Waals surface area contributed by atoms with Gasteiger partial charge in [-0.1, -0.05) is 17.7 Å². The third kappa shape index (κ3) is 4.86. The summed E-state index contributed by atoms with van der Waals surface area (Å²) in [6.07, 6.45) is 0. The van der Waals surface area contributed by atoms with Crippen LogP contribution in [0.4, 0.5) is 26.2 Å². The molecule has 0 bridgehead atoms. The molecule has 0 amide bonds. The van der Waals surface area contributed by atoms with Gasteiger partial charge in [-0.25, -0.2) is 22.2 Å². The van der Waals surface area contributed by atoms with Crippen molar-refractivity contribution in [1.82, 2.24) is 14.3 Å². The number of hydrogen-bond donors (Lipinski definition) is 1. The van der Waals surface area contributed by atoms with Crippen LogP contribution in [0.3, 0.4) is 0 Å². The molecule has 32 heavy (non-hydrogen) atoms. The third-order valence-corrected chi connectivity index (χ3v) is 7.06. The highest BCUT2D eigenvalue weighted by molar-refractivity contribution is 7.89. The predicted octanol–water partition coefficient (Wildman–Crippen LogP) is 3.63. The van der Waals surface area contributed by atoms with Crippen LogP contribution >= 0.6 is 0 Å². The molecule has 1 aliphatic heterocycles. The van der Waals surface area contributed by atoms with Gasteiger partial charge in [-0.2, -0.15) is 9.29 Å². The molecule has 0 unspecified atom stereocenters. The first-order chi connectivity index (χ1) is 15.2. The fraction of sp³-hybridized carbons (Fsp3) is 0.273. The van der Waals surface area contributed by atoms with Crippen LogP contribution in [0.1, 0.15) is 11.3 Å². The number of sulfonamides is 1. The Bertz CT molecular complexity index is 1210. The van der Waals surface area contributed by atoms with Crippen LogP contribution < -0.4 is 10.2 Å². The number of nitrogens with one attached hydrogen (secondary N) is 1. The Morgan fingerprint density at radius 3 is 2.12 bits per heavy atom. The maximum absolute atomic E-state index is 13.5. The zero-order chi connectivity index (χ0) is 22.9. The maximum atomic E-state index is 13.5. The number of aryl methyl sites for hydroxylation is 2. The van der Waals surface area contributed by atoms with Crippen LogP contribution in [-0.4, -0.2) is 48.9 Å². The van der Waals surface area contributed by atoms with Gasteiger partial charge >= 0.3 is 0 Å². The lowest BCUT2D eigenvalue weighted by Crippen LogP contribution is -2.49. The van der Waals surface area contributed by atoms with Crippen molar-refractivity contribution in [1.29, 1.82) is 0 Å². The van der Waals surface area contributed by atoms with Gasteiger partial charge in [0.25, 0.3) is 0 Å². The molecule has 1 fully saturated rings. The quantitative estimate of drug-likeness (QED) is 0.628. The summed E-state index contributed by atoms with van der Waals surface area (Å²) >= 11 is 0. The van der Waals surface area contributed by atoms with Crippen molar-refractivity contribution < 1.29 is 17.2 Å². The number of piperazine rings is 1. The minimum Gasteiger partial charge on any atom is -0.354 e. The molecule has 3 aromatic rings. The smallest absolute Gasteiger partial charge is 0.243 e. The summed E-state index contributed by atoms with van der Waals surface area (Å²) in [6.45, 7) is 4.99. The molecular weight excluding hydrogens is 436 g/mol. The van der Waals surface area contributed by atoms with Gasteiger partial charge in [0.05, 0.1) is 4.90 Å². The van der Waals surface area contributed by atoms with Crippen molar-refractivity contribution in [2.75, 3.05) is 36.4 Å². The summed E-state index contributed by atoms with van der Waals surface area (Å²) in [5, 5.41) is 3.19. The number of nitrogens with zero attached hydrogens (tertiary/aromatic N) is 4. The second-order valence-corrected chi connectivity index (χ2v) is 9.62. The topological polar surface area (TPSA) is 78.4 Å². The minimum atomic E-state index is -3.99. The van der Waals surface area contributed by atoms with E-state index in [1.54, 1.807) is 0 Å². The molecule has 1 N–H and O–H groups in total. The fourth-order valence-electron chi connectivity index (χ4n) is 3.52. The molecule has 0 aliphatic carbocycles. The Balaban J connectivity index is 1.48. The Morgan fingerprint density at radius 2 is 1.50 bits per heavy atom. The minimum absolute atomic E-state index is 0.171. The second kappa shape index (κ2) is 8.79. The van der Waals surface area contributed by atoms with Gasteiger partial charge in [-0.05, 0) is 38.1 Å². The molecule has 7 nitrogen and oxygen atoms in total. The first kappa shape index (κ1) is 22.1.